The number of carbonyl (C=O) groups excluding carboxylic acids is 1. The molecule has 0 aliphatic rings. The molecule has 14 heavy (non-hydrogen) atoms. The molecule has 0 atom stereocenters. The monoisotopic (exact) mass is 347 g/mol. The predicted molar refractivity (Wildman–Crippen MR) is 57.0 cm³/mol. The van der Waals surface area contributed by atoms with Crippen molar-refractivity contribution in [2.45, 2.75) is 6.92 Å². The minimum atomic E-state index is -0.324. The van der Waals surface area contributed by atoms with E-state index in [-0.39, 0.29) is 64.2 Å². The van der Waals surface area contributed by atoms with Crippen molar-refractivity contribution in [2.75, 3.05) is 14.2 Å². The van der Waals surface area contributed by atoms with E-state index in [9.17, 15) is 4.79 Å². The molecule has 0 spiro atoms. The summed E-state index contributed by atoms with van der Waals surface area (Å²) in [5, 5.41) is 4.90. The third-order valence-corrected chi connectivity index (χ3v) is 3.62. The molecule has 1 aromatic heterocycles. The minimum absolute atomic E-state index is 0. The second-order valence-corrected chi connectivity index (χ2v) is 4.71. The van der Waals surface area contributed by atoms with Crippen molar-refractivity contribution in [2.24, 2.45) is 0 Å². The van der Waals surface area contributed by atoms with Crippen molar-refractivity contribution in [3.8, 4) is 0 Å². The second kappa shape index (κ2) is 6.76. The summed E-state index contributed by atoms with van der Waals surface area (Å²) >= 11 is 4.74. The first-order chi connectivity index (χ1) is 6.11. The van der Waals surface area contributed by atoms with Crippen molar-refractivity contribution < 1.29 is 67.7 Å². The van der Waals surface area contributed by atoms with Crippen LogP contribution in [0.25, 0.3) is 5.32 Å². The van der Waals surface area contributed by atoms with Crippen LogP contribution in [0, 0.1) is 6.92 Å². The van der Waals surface area contributed by atoms with Gasteiger partial charge in [-0.3, -0.25) is 0 Å². The van der Waals surface area contributed by atoms with Crippen LogP contribution in [-0.4, -0.2) is 20.1 Å². The van der Waals surface area contributed by atoms with Crippen LogP contribution < -0.4 is 58.2 Å². The average Bonchev–Trinajstić information content (AvgIpc) is 2.40. The summed E-state index contributed by atoms with van der Waals surface area (Å²) in [4.78, 5) is 11.3. The van der Waals surface area contributed by atoms with Gasteiger partial charge in [-0.1, -0.05) is 5.00 Å². The van der Waals surface area contributed by atoms with Gasteiger partial charge in [0.05, 0.1) is 16.5 Å². The second-order valence-electron chi connectivity index (χ2n) is 2.40. The van der Waals surface area contributed by atoms with Crippen LogP contribution in [0.3, 0.4) is 0 Å². The number of halogens is 1. The molecule has 0 amide bonds. The maximum atomic E-state index is 11.3. The van der Waals surface area contributed by atoms with Crippen LogP contribution in [0.15, 0.2) is 3.79 Å². The van der Waals surface area contributed by atoms with Crippen LogP contribution in [0.2, 0.25) is 0 Å². The third-order valence-electron chi connectivity index (χ3n) is 1.67. The van der Waals surface area contributed by atoms with Crippen LogP contribution in [0.4, 0.5) is 5.00 Å². The fourth-order valence-electron chi connectivity index (χ4n) is 1.02. The molecule has 0 radical (unpaired) electrons. The first kappa shape index (κ1) is 15.3. The number of rotatable bonds is 2. The summed E-state index contributed by atoms with van der Waals surface area (Å²) < 4.78 is 5.43. The van der Waals surface area contributed by atoms with Gasteiger partial charge in [0.2, 0.25) is 0 Å². The molecule has 1 aromatic rings. The van der Waals surface area contributed by atoms with E-state index in [0.717, 1.165) is 14.4 Å². The van der Waals surface area contributed by atoms with Gasteiger partial charge in [-0.05, 0) is 28.4 Å². The molecular formula is C8H9BrNO2RbS. The van der Waals surface area contributed by atoms with E-state index in [2.05, 4.69) is 26.0 Å². The molecule has 0 saturated carbocycles. The number of carbonyl (C=O) groups is 1. The van der Waals surface area contributed by atoms with Crippen LogP contribution in [0.1, 0.15) is 15.9 Å². The summed E-state index contributed by atoms with van der Waals surface area (Å²) in [6, 6.07) is 0. The van der Waals surface area contributed by atoms with E-state index in [1.807, 2.05) is 6.92 Å². The average molecular weight is 349 g/mol. The number of hydrogen-bond donors (Lipinski definition) is 0. The van der Waals surface area contributed by atoms with E-state index >= 15 is 0 Å². The first-order valence-corrected chi connectivity index (χ1v) is 5.19. The quantitative estimate of drug-likeness (QED) is 0.719. The topological polar surface area (TPSA) is 40.4 Å². The summed E-state index contributed by atoms with van der Waals surface area (Å²) in [6.07, 6.45) is 0. The van der Waals surface area contributed by atoms with Crippen LogP contribution in [0.5, 0.6) is 0 Å². The number of thiophene rings is 1. The Bertz CT molecular complexity index is 340. The molecule has 72 valence electrons. The smallest absolute Gasteiger partial charge is 0.678 e. The Morgan fingerprint density at radius 1 is 1.57 bits per heavy atom. The van der Waals surface area contributed by atoms with Gasteiger partial charge in [0.1, 0.15) is 0 Å². The van der Waals surface area contributed by atoms with Crippen molar-refractivity contribution >= 4 is 38.2 Å². The molecule has 0 aliphatic heterocycles. The molecule has 1 rings (SSSR count). The third kappa shape index (κ3) is 3.12. The zero-order valence-electron chi connectivity index (χ0n) is 8.55. The van der Waals surface area contributed by atoms with Gasteiger partial charge in [-0.25, -0.2) is 4.79 Å². The summed E-state index contributed by atoms with van der Waals surface area (Å²) in [6.45, 7) is 1.86. The fourth-order valence-corrected chi connectivity index (χ4v) is 2.79. The Hall–Kier alpha value is 1.26. The van der Waals surface area contributed by atoms with Gasteiger partial charge in [0, 0.05) is 0 Å². The minimum Gasteiger partial charge on any atom is -0.678 e. The normalized spacial score (nSPS) is 9.14. The first-order valence-electron chi connectivity index (χ1n) is 3.58. The zero-order chi connectivity index (χ0) is 10.0. The fraction of sp³-hybridized carbons (Fsp3) is 0.375. The molecule has 3 nitrogen and oxygen atoms in total. The largest absolute Gasteiger partial charge is 1.00 e. The van der Waals surface area contributed by atoms with Crippen LogP contribution in [-0.2, 0) is 4.74 Å². The Balaban J connectivity index is 0.00000169. The molecule has 0 bridgehead atoms. The Labute approximate surface area is 145 Å². The van der Waals surface area contributed by atoms with E-state index in [1.165, 1.54) is 18.4 Å². The van der Waals surface area contributed by atoms with Crippen molar-refractivity contribution in [3.05, 3.63) is 20.2 Å². The predicted octanol–water partition coefficient (Wildman–Crippen LogP) is 0.245. The van der Waals surface area contributed by atoms with Gasteiger partial charge in [-0.2, -0.15) is 11.3 Å². The summed E-state index contributed by atoms with van der Waals surface area (Å²) in [5.74, 6) is -0.324. The SMILES string of the molecule is C[N-]c1sc(Br)c(C(=O)OC)c1C.[Rb+]. The van der Waals surface area contributed by atoms with E-state index in [4.69, 9.17) is 0 Å². The van der Waals surface area contributed by atoms with Crippen LogP contribution >= 0.6 is 27.3 Å². The number of hydrogen-bond acceptors (Lipinski definition) is 3. The number of ether oxygens (including phenoxy) is 1. The van der Waals surface area contributed by atoms with E-state index in [1.54, 1.807) is 7.05 Å². The van der Waals surface area contributed by atoms with E-state index in [0.29, 0.717) is 5.56 Å². The van der Waals surface area contributed by atoms with Crippen molar-refractivity contribution in [3.63, 3.8) is 0 Å². The van der Waals surface area contributed by atoms with Crippen molar-refractivity contribution in [1.29, 1.82) is 0 Å². The molecule has 1 heterocycles. The van der Waals surface area contributed by atoms with Gasteiger partial charge in [0.15, 0.2) is 0 Å². The summed E-state index contributed by atoms with van der Waals surface area (Å²) in [7, 11) is 3.07. The molecule has 6 heteroatoms. The summed E-state index contributed by atoms with van der Waals surface area (Å²) in [5.41, 5.74) is 1.44. The number of nitrogens with zero attached hydrogens (tertiary/aromatic N) is 1. The van der Waals surface area contributed by atoms with Crippen molar-refractivity contribution in [1.82, 2.24) is 0 Å². The Morgan fingerprint density at radius 3 is 2.50 bits per heavy atom. The van der Waals surface area contributed by atoms with Gasteiger partial charge < -0.3 is 10.1 Å². The number of esters is 1. The maximum Gasteiger partial charge on any atom is 1.00 e. The number of methoxy groups -OCH3 is 1. The van der Waals surface area contributed by atoms with Gasteiger partial charge in [0.25, 0.3) is 0 Å². The molecule has 0 saturated heterocycles. The van der Waals surface area contributed by atoms with E-state index < -0.39 is 0 Å². The molecule has 0 unspecified atom stereocenters. The van der Waals surface area contributed by atoms with Gasteiger partial charge >= 0.3 is 64.2 Å². The Kier molecular flexibility index (Phi) is 7.36. The molecular weight excluding hydrogens is 340 g/mol. The molecule has 0 aliphatic carbocycles. The Morgan fingerprint density at radius 2 is 2.14 bits per heavy atom. The maximum absolute atomic E-state index is 11.3. The molecule has 0 aromatic carbocycles. The molecule has 0 N–H and O–H groups in total. The zero-order valence-corrected chi connectivity index (χ0v) is 15.9. The molecule has 0 fully saturated rings. The standard InChI is InChI=1S/C8H9BrNO2S.Rb/c1-4-5(8(11)12-3)6(9)13-7(4)10-2;/h1-3H3;/q-1;+1. The van der Waals surface area contributed by atoms with Gasteiger partial charge in [-0.15, -0.1) is 7.05 Å².